The minimum Gasteiger partial charge on any atom is -0.378 e. The first kappa shape index (κ1) is 19.0. The maximum absolute atomic E-state index is 13.1. The Labute approximate surface area is 167 Å². The molecule has 2 aromatic rings. The molecule has 0 bridgehead atoms. The average molecular weight is 382 g/mol. The summed E-state index contributed by atoms with van der Waals surface area (Å²) in [7, 11) is 4.00. The van der Waals surface area contributed by atoms with Gasteiger partial charge in [-0.05, 0) is 44.0 Å². The van der Waals surface area contributed by atoms with E-state index in [2.05, 4.69) is 16.8 Å². The minimum absolute atomic E-state index is 0.0220. The molecule has 1 spiro atoms. The first-order valence-corrected chi connectivity index (χ1v) is 10.4. The highest BCUT2D eigenvalue weighted by molar-refractivity contribution is 5.95. The van der Waals surface area contributed by atoms with Gasteiger partial charge in [0.05, 0.1) is 17.6 Å². The number of likely N-dealkylation sites (tertiary alicyclic amines) is 1. The van der Waals surface area contributed by atoms with Crippen molar-refractivity contribution < 1.29 is 4.79 Å². The largest absolute Gasteiger partial charge is 0.378 e. The van der Waals surface area contributed by atoms with Crippen LogP contribution in [0, 0.1) is 0 Å². The van der Waals surface area contributed by atoms with Gasteiger partial charge in [0.2, 0.25) is 0 Å². The Morgan fingerprint density at radius 2 is 2.04 bits per heavy atom. The molecule has 1 saturated heterocycles. The third-order valence-corrected chi connectivity index (χ3v) is 6.38. The molecule has 2 aliphatic rings. The monoisotopic (exact) mass is 381 g/mol. The van der Waals surface area contributed by atoms with Crippen molar-refractivity contribution in [3.05, 3.63) is 47.5 Å². The number of hydrogen-bond donors (Lipinski definition) is 1. The lowest BCUT2D eigenvalue weighted by atomic mass is 9.78. The number of rotatable bonds is 4. The number of anilines is 1. The number of benzene rings is 1. The number of H-pyrrole nitrogens is 1. The van der Waals surface area contributed by atoms with E-state index in [0.29, 0.717) is 0 Å². The second kappa shape index (κ2) is 7.59. The van der Waals surface area contributed by atoms with Crippen molar-refractivity contribution in [1.29, 1.82) is 0 Å². The summed E-state index contributed by atoms with van der Waals surface area (Å²) in [6.45, 7) is 5.95. The molecule has 28 heavy (non-hydrogen) atoms. The van der Waals surface area contributed by atoms with Crippen molar-refractivity contribution in [1.82, 2.24) is 19.8 Å². The van der Waals surface area contributed by atoms with Crippen LogP contribution < -0.4 is 4.90 Å². The number of nitrogens with zero attached hydrogens (tertiary/aromatic N) is 4. The fourth-order valence-electron chi connectivity index (χ4n) is 4.85. The lowest BCUT2D eigenvalue weighted by Gasteiger charge is -2.50. The van der Waals surface area contributed by atoms with Gasteiger partial charge in [0, 0.05) is 57.1 Å². The molecule has 150 valence electrons. The minimum atomic E-state index is -0.0220. The highest BCUT2D eigenvalue weighted by atomic mass is 16.2. The molecule has 6 nitrogen and oxygen atoms in total. The molecule has 2 aliphatic heterocycles. The normalized spacial score (nSPS) is 18.9. The van der Waals surface area contributed by atoms with Crippen LogP contribution in [-0.2, 0) is 12.0 Å². The van der Waals surface area contributed by atoms with Gasteiger partial charge in [0.15, 0.2) is 0 Å². The van der Waals surface area contributed by atoms with E-state index in [9.17, 15) is 4.79 Å². The van der Waals surface area contributed by atoms with E-state index in [1.165, 1.54) is 11.4 Å². The van der Waals surface area contributed by atoms with Crippen LogP contribution in [0.5, 0.6) is 0 Å². The molecular weight excluding hydrogens is 350 g/mol. The molecule has 1 amide bonds. The van der Waals surface area contributed by atoms with E-state index in [0.717, 1.165) is 63.1 Å². The third kappa shape index (κ3) is 3.20. The van der Waals surface area contributed by atoms with E-state index in [4.69, 9.17) is 4.98 Å². The van der Waals surface area contributed by atoms with E-state index in [1.807, 2.05) is 54.5 Å². The van der Waals surface area contributed by atoms with Crippen LogP contribution in [0.2, 0.25) is 0 Å². The van der Waals surface area contributed by atoms with Crippen LogP contribution in [0.25, 0.3) is 0 Å². The highest BCUT2D eigenvalue weighted by Crippen LogP contribution is 2.42. The Hall–Kier alpha value is -2.34. The van der Waals surface area contributed by atoms with Gasteiger partial charge >= 0.3 is 0 Å². The summed E-state index contributed by atoms with van der Waals surface area (Å²) in [6, 6.07) is 7.91. The van der Waals surface area contributed by atoms with Gasteiger partial charge in [0.1, 0.15) is 0 Å². The number of fused-ring (bicyclic) bond motifs is 2. The quantitative estimate of drug-likeness (QED) is 0.885. The van der Waals surface area contributed by atoms with Gasteiger partial charge < -0.3 is 14.8 Å². The molecule has 0 saturated carbocycles. The van der Waals surface area contributed by atoms with E-state index >= 15 is 0 Å². The summed E-state index contributed by atoms with van der Waals surface area (Å²) in [5.74, 6) is 0.138. The SMILES string of the molecule is CCCN1CCc2[nH]cnc2C12CCN(C(=O)c1cccc(N(C)C)c1)CC2. The topological polar surface area (TPSA) is 55.5 Å². The zero-order valence-corrected chi connectivity index (χ0v) is 17.2. The third-order valence-electron chi connectivity index (χ3n) is 6.38. The van der Waals surface area contributed by atoms with Crippen LogP contribution >= 0.6 is 0 Å². The number of nitrogens with one attached hydrogen (secondary N) is 1. The van der Waals surface area contributed by atoms with Crippen molar-refractivity contribution in [3.8, 4) is 0 Å². The summed E-state index contributed by atoms with van der Waals surface area (Å²) in [5, 5.41) is 0. The molecule has 1 aromatic carbocycles. The fraction of sp³-hybridized carbons (Fsp3) is 0.545. The summed E-state index contributed by atoms with van der Waals surface area (Å²) in [5.41, 5.74) is 4.31. The highest BCUT2D eigenvalue weighted by Gasteiger charge is 2.46. The average Bonchev–Trinajstić information content (AvgIpc) is 3.20. The number of amides is 1. The predicted octanol–water partition coefficient (Wildman–Crippen LogP) is 2.88. The number of aromatic nitrogens is 2. The number of carbonyl (C=O) groups is 1. The molecule has 4 rings (SSSR count). The maximum Gasteiger partial charge on any atom is 0.253 e. The summed E-state index contributed by atoms with van der Waals surface area (Å²) in [6.07, 6.45) is 5.92. The second-order valence-electron chi connectivity index (χ2n) is 8.24. The van der Waals surface area contributed by atoms with E-state index in [1.54, 1.807) is 0 Å². The van der Waals surface area contributed by atoms with Crippen LogP contribution in [-0.4, -0.2) is 65.9 Å². The van der Waals surface area contributed by atoms with Gasteiger partial charge in [-0.25, -0.2) is 4.98 Å². The summed E-state index contributed by atoms with van der Waals surface area (Å²) < 4.78 is 0. The first-order valence-electron chi connectivity index (χ1n) is 10.4. The lowest BCUT2D eigenvalue weighted by molar-refractivity contribution is 0.00709. The van der Waals surface area contributed by atoms with Crippen LogP contribution in [0.15, 0.2) is 30.6 Å². The fourth-order valence-corrected chi connectivity index (χ4v) is 4.85. The van der Waals surface area contributed by atoms with Gasteiger partial charge in [-0.1, -0.05) is 13.0 Å². The van der Waals surface area contributed by atoms with Gasteiger partial charge in [-0.15, -0.1) is 0 Å². The molecule has 1 aromatic heterocycles. The molecule has 0 aliphatic carbocycles. The Morgan fingerprint density at radius 1 is 1.25 bits per heavy atom. The molecule has 3 heterocycles. The van der Waals surface area contributed by atoms with Crippen molar-refractivity contribution in [2.75, 3.05) is 45.2 Å². The summed E-state index contributed by atoms with van der Waals surface area (Å²) in [4.78, 5) is 27.9. The zero-order valence-electron chi connectivity index (χ0n) is 17.2. The van der Waals surface area contributed by atoms with Crippen LogP contribution in [0.1, 0.15) is 47.9 Å². The molecule has 0 radical (unpaired) electrons. The van der Waals surface area contributed by atoms with Crippen molar-refractivity contribution in [3.63, 3.8) is 0 Å². The Kier molecular flexibility index (Phi) is 5.15. The van der Waals surface area contributed by atoms with Crippen LogP contribution in [0.3, 0.4) is 0 Å². The van der Waals surface area contributed by atoms with E-state index in [-0.39, 0.29) is 11.4 Å². The molecule has 0 atom stereocenters. The second-order valence-corrected chi connectivity index (χ2v) is 8.24. The predicted molar refractivity (Wildman–Crippen MR) is 112 cm³/mol. The first-order chi connectivity index (χ1) is 13.5. The van der Waals surface area contributed by atoms with Crippen molar-refractivity contribution in [2.45, 2.75) is 38.1 Å². The number of piperidine rings is 1. The van der Waals surface area contributed by atoms with Gasteiger partial charge in [0.25, 0.3) is 5.91 Å². The van der Waals surface area contributed by atoms with Crippen LogP contribution in [0.4, 0.5) is 5.69 Å². The van der Waals surface area contributed by atoms with Gasteiger partial charge in [-0.2, -0.15) is 0 Å². The molecule has 6 heteroatoms. The van der Waals surface area contributed by atoms with Crippen molar-refractivity contribution >= 4 is 11.6 Å². The molecule has 1 N–H and O–H groups in total. The standard InChI is InChI=1S/C22H31N5O/c1-4-11-27-12-8-19-20(24-16-23-19)22(27)9-13-26(14-10-22)21(28)17-6-5-7-18(15-17)25(2)3/h5-7,15-16H,4,8-14H2,1-3H3,(H,23,24). The van der Waals surface area contributed by atoms with E-state index < -0.39 is 0 Å². The molecular formula is C22H31N5O. The number of carbonyl (C=O) groups excluding carboxylic acids is 1. The Bertz CT molecular complexity index is 835. The summed E-state index contributed by atoms with van der Waals surface area (Å²) >= 11 is 0. The molecule has 0 unspecified atom stereocenters. The lowest BCUT2D eigenvalue weighted by Crippen LogP contribution is -2.57. The Morgan fingerprint density at radius 3 is 2.75 bits per heavy atom. The van der Waals surface area contributed by atoms with Crippen molar-refractivity contribution in [2.24, 2.45) is 0 Å². The Balaban J connectivity index is 1.54. The number of hydrogen-bond acceptors (Lipinski definition) is 4. The number of imidazole rings is 1. The maximum atomic E-state index is 13.1. The molecule has 1 fully saturated rings. The number of aromatic amines is 1. The zero-order chi connectivity index (χ0) is 19.7. The smallest absolute Gasteiger partial charge is 0.253 e. The van der Waals surface area contributed by atoms with Gasteiger partial charge in [-0.3, -0.25) is 9.69 Å².